The lowest BCUT2D eigenvalue weighted by atomic mass is 10.1. The van der Waals surface area contributed by atoms with Gasteiger partial charge in [0.05, 0.1) is 17.0 Å². The van der Waals surface area contributed by atoms with Crippen LogP contribution in [0.25, 0.3) is 0 Å². The van der Waals surface area contributed by atoms with E-state index in [0.29, 0.717) is 31.0 Å². The van der Waals surface area contributed by atoms with Gasteiger partial charge in [-0.05, 0) is 31.9 Å². The SMILES string of the molecule is CCc1nnc(C)cc1C(=O)N(C)CC(C)CN. The summed E-state index contributed by atoms with van der Waals surface area (Å²) in [6, 6.07) is 1.80. The van der Waals surface area contributed by atoms with E-state index in [0.717, 1.165) is 11.4 Å². The van der Waals surface area contributed by atoms with Gasteiger partial charge in [-0.1, -0.05) is 13.8 Å². The molecule has 100 valence electrons. The first kappa shape index (κ1) is 14.6. The molecule has 1 aromatic rings. The molecule has 1 rings (SSSR count). The predicted molar refractivity (Wildman–Crippen MR) is 71.3 cm³/mol. The van der Waals surface area contributed by atoms with Crippen LogP contribution in [-0.4, -0.2) is 41.1 Å². The van der Waals surface area contributed by atoms with Crippen molar-refractivity contribution in [2.45, 2.75) is 27.2 Å². The molecule has 0 aliphatic carbocycles. The van der Waals surface area contributed by atoms with Crippen molar-refractivity contribution < 1.29 is 4.79 Å². The number of nitrogens with two attached hydrogens (primary N) is 1. The molecule has 1 aromatic heterocycles. The highest BCUT2D eigenvalue weighted by molar-refractivity contribution is 5.95. The molecule has 0 saturated carbocycles. The third kappa shape index (κ3) is 3.50. The van der Waals surface area contributed by atoms with Gasteiger partial charge in [0.15, 0.2) is 0 Å². The third-order valence-corrected chi connectivity index (χ3v) is 2.89. The van der Waals surface area contributed by atoms with Gasteiger partial charge in [-0.25, -0.2) is 0 Å². The molecule has 0 fully saturated rings. The number of hydrogen-bond donors (Lipinski definition) is 1. The summed E-state index contributed by atoms with van der Waals surface area (Å²) in [5, 5.41) is 8.07. The van der Waals surface area contributed by atoms with Crippen LogP contribution in [0.1, 0.15) is 35.6 Å². The maximum atomic E-state index is 12.3. The summed E-state index contributed by atoms with van der Waals surface area (Å²) in [5.74, 6) is 0.282. The molecule has 0 radical (unpaired) electrons. The first-order chi connectivity index (χ1) is 8.49. The second-order valence-electron chi connectivity index (χ2n) is 4.73. The second kappa shape index (κ2) is 6.44. The van der Waals surface area contributed by atoms with Gasteiger partial charge in [0, 0.05) is 13.6 Å². The minimum absolute atomic E-state index is 0.00912. The van der Waals surface area contributed by atoms with Gasteiger partial charge < -0.3 is 10.6 Å². The van der Waals surface area contributed by atoms with Crippen LogP contribution in [0.5, 0.6) is 0 Å². The number of rotatable bonds is 5. The second-order valence-corrected chi connectivity index (χ2v) is 4.73. The summed E-state index contributed by atoms with van der Waals surface area (Å²) in [5.41, 5.74) is 7.74. The standard InChI is InChI=1S/C13H22N4O/c1-5-12-11(6-10(3)15-16-12)13(18)17(4)8-9(2)7-14/h6,9H,5,7-8,14H2,1-4H3. The first-order valence-electron chi connectivity index (χ1n) is 6.28. The van der Waals surface area contributed by atoms with Crippen LogP contribution in [0.3, 0.4) is 0 Å². The molecule has 5 heteroatoms. The van der Waals surface area contributed by atoms with Crippen LogP contribution in [0.15, 0.2) is 6.07 Å². The number of carbonyl (C=O) groups is 1. The Morgan fingerprint density at radius 2 is 2.17 bits per heavy atom. The molecule has 0 bridgehead atoms. The summed E-state index contributed by atoms with van der Waals surface area (Å²) in [6.07, 6.45) is 0.703. The monoisotopic (exact) mass is 250 g/mol. The Morgan fingerprint density at radius 3 is 2.72 bits per heavy atom. The summed E-state index contributed by atoms with van der Waals surface area (Å²) in [7, 11) is 1.80. The smallest absolute Gasteiger partial charge is 0.255 e. The highest BCUT2D eigenvalue weighted by atomic mass is 16.2. The Bertz CT molecular complexity index is 419. The average Bonchev–Trinajstić information content (AvgIpc) is 2.37. The van der Waals surface area contributed by atoms with E-state index >= 15 is 0 Å². The van der Waals surface area contributed by atoms with Crippen molar-refractivity contribution in [1.82, 2.24) is 15.1 Å². The zero-order valence-corrected chi connectivity index (χ0v) is 11.6. The van der Waals surface area contributed by atoms with Crippen LogP contribution >= 0.6 is 0 Å². The fourth-order valence-corrected chi connectivity index (χ4v) is 1.79. The highest BCUT2D eigenvalue weighted by Gasteiger charge is 2.18. The van der Waals surface area contributed by atoms with E-state index in [1.807, 2.05) is 20.8 Å². The van der Waals surface area contributed by atoms with Crippen molar-refractivity contribution in [2.75, 3.05) is 20.1 Å². The zero-order valence-electron chi connectivity index (χ0n) is 11.6. The molecular weight excluding hydrogens is 228 g/mol. The molecule has 5 nitrogen and oxygen atoms in total. The molecule has 1 heterocycles. The number of aryl methyl sites for hydroxylation is 2. The van der Waals surface area contributed by atoms with Gasteiger partial charge in [-0.15, -0.1) is 0 Å². The molecule has 1 amide bonds. The van der Waals surface area contributed by atoms with Gasteiger partial charge >= 0.3 is 0 Å². The lowest BCUT2D eigenvalue weighted by molar-refractivity contribution is 0.0775. The molecule has 0 aliphatic rings. The van der Waals surface area contributed by atoms with E-state index in [1.54, 1.807) is 18.0 Å². The minimum atomic E-state index is -0.00912. The summed E-state index contributed by atoms with van der Waals surface area (Å²) >= 11 is 0. The van der Waals surface area contributed by atoms with Crippen molar-refractivity contribution in [3.63, 3.8) is 0 Å². The normalized spacial score (nSPS) is 12.3. The zero-order chi connectivity index (χ0) is 13.7. The number of nitrogens with zero attached hydrogens (tertiary/aromatic N) is 3. The van der Waals surface area contributed by atoms with Gasteiger partial charge in [-0.2, -0.15) is 10.2 Å². The third-order valence-electron chi connectivity index (χ3n) is 2.89. The van der Waals surface area contributed by atoms with Crippen LogP contribution in [0.4, 0.5) is 0 Å². The van der Waals surface area contributed by atoms with Gasteiger partial charge in [0.25, 0.3) is 5.91 Å². The van der Waals surface area contributed by atoms with Gasteiger partial charge in [0.1, 0.15) is 0 Å². The number of hydrogen-bond acceptors (Lipinski definition) is 4. The first-order valence-corrected chi connectivity index (χ1v) is 6.28. The van der Waals surface area contributed by atoms with Crippen LogP contribution < -0.4 is 5.73 Å². The summed E-state index contributed by atoms with van der Waals surface area (Å²) in [6.45, 7) is 7.07. The van der Waals surface area contributed by atoms with Crippen molar-refractivity contribution in [1.29, 1.82) is 0 Å². The highest BCUT2D eigenvalue weighted by Crippen LogP contribution is 2.11. The summed E-state index contributed by atoms with van der Waals surface area (Å²) < 4.78 is 0. The molecule has 1 unspecified atom stereocenters. The lowest BCUT2D eigenvalue weighted by Crippen LogP contribution is -2.34. The summed E-state index contributed by atoms with van der Waals surface area (Å²) in [4.78, 5) is 14.0. The van der Waals surface area contributed by atoms with E-state index in [9.17, 15) is 4.79 Å². The lowest BCUT2D eigenvalue weighted by Gasteiger charge is -2.21. The largest absolute Gasteiger partial charge is 0.341 e. The number of amides is 1. The molecule has 0 aliphatic heterocycles. The molecular formula is C13H22N4O. The van der Waals surface area contributed by atoms with Crippen molar-refractivity contribution >= 4 is 5.91 Å². The Hall–Kier alpha value is -1.49. The average molecular weight is 250 g/mol. The van der Waals surface area contributed by atoms with Crippen LogP contribution in [0, 0.1) is 12.8 Å². The van der Waals surface area contributed by atoms with E-state index in [2.05, 4.69) is 10.2 Å². The Morgan fingerprint density at radius 1 is 1.50 bits per heavy atom. The Kier molecular flexibility index (Phi) is 5.22. The Labute approximate surface area is 108 Å². The molecule has 2 N–H and O–H groups in total. The quantitative estimate of drug-likeness (QED) is 0.846. The molecule has 0 aromatic carbocycles. The van der Waals surface area contributed by atoms with Crippen LogP contribution in [-0.2, 0) is 6.42 Å². The van der Waals surface area contributed by atoms with Crippen molar-refractivity contribution in [3.05, 3.63) is 23.0 Å². The molecule has 0 saturated heterocycles. The number of carbonyl (C=O) groups excluding carboxylic acids is 1. The maximum absolute atomic E-state index is 12.3. The van der Waals surface area contributed by atoms with Crippen LogP contribution in [0.2, 0.25) is 0 Å². The fraction of sp³-hybridized carbons (Fsp3) is 0.615. The van der Waals surface area contributed by atoms with E-state index in [-0.39, 0.29) is 5.91 Å². The van der Waals surface area contributed by atoms with E-state index in [4.69, 9.17) is 5.73 Å². The van der Waals surface area contributed by atoms with Crippen molar-refractivity contribution in [3.8, 4) is 0 Å². The maximum Gasteiger partial charge on any atom is 0.255 e. The molecule has 1 atom stereocenters. The van der Waals surface area contributed by atoms with Gasteiger partial charge in [0.2, 0.25) is 0 Å². The minimum Gasteiger partial charge on any atom is -0.341 e. The van der Waals surface area contributed by atoms with E-state index < -0.39 is 0 Å². The molecule has 0 spiro atoms. The number of aromatic nitrogens is 2. The topological polar surface area (TPSA) is 72.1 Å². The molecule has 18 heavy (non-hydrogen) atoms. The van der Waals surface area contributed by atoms with Gasteiger partial charge in [-0.3, -0.25) is 4.79 Å². The Balaban J connectivity index is 2.92. The van der Waals surface area contributed by atoms with E-state index in [1.165, 1.54) is 0 Å². The fourth-order valence-electron chi connectivity index (χ4n) is 1.79. The van der Waals surface area contributed by atoms with Crippen molar-refractivity contribution in [2.24, 2.45) is 11.7 Å². The predicted octanol–water partition coefficient (Wildman–Crippen LogP) is 1.01.